The van der Waals surface area contributed by atoms with E-state index >= 15 is 0 Å². The zero-order chi connectivity index (χ0) is 20.4. The van der Waals surface area contributed by atoms with E-state index in [1.165, 1.54) is 0 Å². The average molecular weight is 397 g/mol. The van der Waals surface area contributed by atoms with Crippen LogP contribution in [0.5, 0.6) is 0 Å². The van der Waals surface area contributed by atoms with Gasteiger partial charge in [-0.05, 0) is 49.5 Å². The highest BCUT2D eigenvalue weighted by molar-refractivity contribution is 7.80. The van der Waals surface area contributed by atoms with Gasteiger partial charge in [-0.15, -0.1) is 0 Å². The Hall–Kier alpha value is -3.52. The van der Waals surface area contributed by atoms with Crippen LogP contribution in [0.2, 0.25) is 0 Å². The first-order valence-electron chi connectivity index (χ1n) is 8.41. The lowest BCUT2D eigenvalue weighted by molar-refractivity contribution is -0.137. The fourth-order valence-electron chi connectivity index (χ4n) is 2.12. The van der Waals surface area contributed by atoms with E-state index in [1.807, 2.05) is 6.07 Å². The predicted molar refractivity (Wildman–Crippen MR) is 111 cm³/mol. The second kappa shape index (κ2) is 10.6. The molecular weight excluding hydrogens is 378 g/mol. The highest BCUT2D eigenvalue weighted by Gasteiger charge is 2.07. The molecule has 0 fully saturated rings. The molecule has 2 aromatic rings. The van der Waals surface area contributed by atoms with Crippen LogP contribution in [0, 0.1) is 0 Å². The number of anilines is 2. The van der Waals surface area contributed by atoms with Crippen molar-refractivity contribution in [2.24, 2.45) is 0 Å². The van der Waals surface area contributed by atoms with Gasteiger partial charge in [0.1, 0.15) is 0 Å². The zero-order valence-corrected chi connectivity index (χ0v) is 15.9. The molecule has 0 spiro atoms. The lowest BCUT2D eigenvalue weighted by Gasteiger charge is -2.10. The maximum Gasteiger partial charge on any atom is 0.330 e. The molecule has 0 bridgehead atoms. The molecule has 3 N–H and O–H groups in total. The number of ether oxygens (including phenoxy) is 1. The maximum absolute atomic E-state index is 12.2. The summed E-state index contributed by atoms with van der Waals surface area (Å²) < 4.78 is 4.68. The minimum absolute atomic E-state index is 0.0463. The smallest absolute Gasteiger partial charge is 0.330 e. The quantitative estimate of drug-likeness (QED) is 0.394. The van der Waals surface area contributed by atoms with E-state index in [4.69, 9.17) is 12.2 Å². The van der Waals surface area contributed by atoms with Crippen molar-refractivity contribution in [2.45, 2.75) is 6.92 Å². The standard InChI is InChI=1S/C20H19N3O4S/c1-2-27-18(25)12-11-17(24)23-20(28)22-16-10-6-9-15(13-16)21-19(26)14-7-4-3-5-8-14/h3-13H,2H2,1H3,(H,21,26)(H2,22,23,24,28)/b12-11+. The predicted octanol–water partition coefficient (Wildman–Crippen LogP) is 2.87. The molecule has 0 saturated carbocycles. The van der Waals surface area contributed by atoms with E-state index in [-0.39, 0.29) is 17.6 Å². The average Bonchev–Trinajstić information content (AvgIpc) is 2.67. The Morgan fingerprint density at radius 2 is 1.64 bits per heavy atom. The van der Waals surface area contributed by atoms with Crippen molar-refractivity contribution in [2.75, 3.05) is 17.2 Å². The second-order valence-corrected chi connectivity index (χ2v) is 5.84. The number of rotatable bonds is 6. The molecule has 0 unspecified atom stereocenters. The first-order valence-corrected chi connectivity index (χ1v) is 8.82. The van der Waals surface area contributed by atoms with Gasteiger partial charge in [0.15, 0.2) is 5.11 Å². The van der Waals surface area contributed by atoms with Crippen molar-refractivity contribution in [1.82, 2.24) is 5.32 Å². The van der Waals surface area contributed by atoms with E-state index in [0.29, 0.717) is 16.9 Å². The molecule has 0 aliphatic heterocycles. The van der Waals surface area contributed by atoms with Gasteiger partial charge in [0.2, 0.25) is 5.91 Å². The SMILES string of the molecule is CCOC(=O)/C=C/C(=O)NC(=S)Nc1cccc(NC(=O)c2ccccc2)c1. The van der Waals surface area contributed by atoms with Gasteiger partial charge in [0, 0.05) is 29.1 Å². The number of carbonyl (C=O) groups excluding carboxylic acids is 3. The van der Waals surface area contributed by atoms with Gasteiger partial charge in [-0.25, -0.2) is 4.79 Å². The van der Waals surface area contributed by atoms with Gasteiger partial charge < -0.3 is 15.4 Å². The van der Waals surface area contributed by atoms with E-state index in [0.717, 1.165) is 12.2 Å². The summed E-state index contributed by atoms with van der Waals surface area (Å²) in [4.78, 5) is 35.1. The summed E-state index contributed by atoms with van der Waals surface area (Å²) in [5, 5.41) is 8.08. The number of hydrogen-bond acceptors (Lipinski definition) is 5. The largest absolute Gasteiger partial charge is 0.463 e. The fraction of sp³-hybridized carbons (Fsp3) is 0.100. The molecule has 0 saturated heterocycles. The minimum atomic E-state index is -0.613. The Bertz CT molecular complexity index is 897. The molecule has 2 amide bonds. The molecule has 28 heavy (non-hydrogen) atoms. The Labute approximate surface area is 167 Å². The number of amides is 2. The van der Waals surface area contributed by atoms with Crippen LogP contribution in [0.15, 0.2) is 66.7 Å². The molecule has 0 heterocycles. The summed E-state index contributed by atoms with van der Waals surface area (Å²) in [6.45, 7) is 1.89. The molecule has 8 heteroatoms. The molecule has 0 radical (unpaired) electrons. The molecule has 2 aromatic carbocycles. The third kappa shape index (κ3) is 7.00. The van der Waals surface area contributed by atoms with Crippen LogP contribution >= 0.6 is 12.2 Å². The summed E-state index contributed by atoms with van der Waals surface area (Å²) in [5.74, 6) is -1.42. The van der Waals surface area contributed by atoms with Crippen molar-refractivity contribution in [3.63, 3.8) is 0 Å². The van der Waals surface area contributed by atoms with Gasteiger partial charge in [-0.2, -0.15) is 0 Å². The van der Waals surface area contributed by atoms with Gasteiger partial charge in [-0.3, -0.25) is 14.9 Å². The van der Waals surface area contributed by atoms with Crippen molar-refractivity contribution in [3.05, 3.63) is 72.3 Å². The normalized spacial score (nSPS) is 10.2. The Kier molecular flexibility index (Phi) is 7.86. The van der Waals surface area contributed by atoms with Crippen LogP contribution in [-0.2, 0) is 14.3 Å². The number of thiocarbonyl (C=S) groups is 1. The van der Waals surface area contributed by atoms with E-state index in [1.54, 1.807) is 55.5 Å². The van der Waals surface area contributed by atoms with Gasteiger partial charge in [0.05, 0.1) is 6.61 Å². The van der Waals surface area contributed by atoms with Crippen LogP contribution in [0.3, 0.4) is 0 Å². The lowest BCUT2D eigenvalue weighted by atomic mass is 10.2. The molecular formula is C20H19N3O4S. The summed E-state index contributed by atoms with van der Waals surface area (Å²) in [6, 6.07) is 15.7. The Morgan fingerprint density at radius 3 is 2.32 bits per heavy atom. The number of carbonyl (C=O) groups is 3. The number of esters is 1. The Morgan fingerprint density at radius 1 is 0.964 bits per heavy atom. The first-order chi connectivity index (χ1) is 13.5. The summed E-state index contributed by atoms with van der Waals surface area (Å²) in [6.07, 6.45) is 2.05. The van der Waals surface area contributed by atoms with Crippen molar-refractivity contribution >= 4 is 46.5 Å². The van der Waals surface area contributed by atoms with Gasteiger partial charge in [0.25, 0.3) is 5.91 Å². The molecule has 0 atom stereocenters. The van der Waals surface area contributed by atoms with Crippen LogP contribution in [0.25, 0.3) is 0 Å². The zero-order valence-electron chi connectivity index (χ0n) is 15.1. The van der Waals surface area contributed by atoms with E-state index in [2.05, 4.69) is 20.7 Å². The molecule has 0 aliphatic carbocycles. The highest BCUT2D eigenvalue weighted by atomic mass is 32.1. The molecule has 2 rings (SSSR count). The molecule has 0 aliphatic rings. The van der Waals surface area contributed by atoms with Gasteiger partial charge >= 0.3 is 5.97 Å². The summed E-state index contributed by atoms with van der Waals surface area (Å²) in [5.41, 5.74) is 1.68. The van der Waals surface area contributed by atoms with Crippen LogP contribution in [-0.4, -0.2) is 29.5 Å². The van der Waals surface area contributed by atoms with Crippen LogP contribution in [0.4, 0.5) is 11.4 Å². The number of hydrogen-bond donors (Lipinski definition) is 3. The van der Waals surface area contributed by atoms with Gasteiger partial charge in [-0.1, -0.05) is 24.3 Å². The second-order valence-electron chi connectivity index (χ2n) is 5.43. The van der Waals surface area contributed by atoms with Crippen LogP contribution < -0.4 is 16.0 Å². The minimum Gasteiger partial charge on any atom is -0.463 e. The van der Waals surface area contributed by atoms with E-state index in [9.17, 15) is 14.4 Å². The van der Waals surface area contributed by atoms with E-state index < -0.39 is 11.9 Å². The maximum atomic E-state index is 12.2. The molecule has 7 nitrogen and oxygen atoms in total. The summed E-state index contributed by atoms with van der Waals surface area (Å²) in [7, 11) is 0. The summed E-state index contributed by atoms with van der Waals surface area (Å²) >= 11 is 5.07. The molecule has 144 valence electrons. The number of benzene rings is 2. The van der Waals surface area contributed by atoms with Crippen LogP contribution in [0.1, 0.15) is 17.3 Å². The number of nitrogens with one attached hydrogen (secondary N) is 3. The van der Waals surface area contributed by atoms with Crippen molar-refractivity contribution < 1.29 is 19.1 Å². The molecule has 0 aromatic heterocycles. The van der Waals surface area contributed by atoms with Crippen molar-refractivity contribution in [1.29, 1.82) is 0 Å². The monoisotopic (exact) mass is 397 g/mol. The van der Waals surface area contributed by atoms with Crippen molar-refractivity contribution in [3.8, 4) is 0 Å². The lowest BCUT2D eigenvalue weighted by Crippen LogP contribution is -2.33. The Balaban J connectivity index is 1.91. The third-order valence-corrected chi connectivity index (χ3v) is 3.51. The third-order valence-electron chi connectivity index (χ3n) is 3.31. The topological polar surface area (TPSA) is 96.5 Å². The highest BCUT2D eigenvalue weighted by Crippen LogP contribution is 2.16. The fourth-order valence-corrected chi connectivity index (χ4v) is 2.34. The first kappa shape index (κ1) is 20.8.